The number of nitrogens with zero attached hydrogens (tertiary/aromatic N) is 3. The second-order valence-corrected chi connectivity index (χ2v) is 5.98. The summed E-state index contributed by atoms with van der Waals surface area (Å²) in [7, 11) is 0. The predicted octanol–water partition coefficient (Wildman–Crippen LogP) is 3.26. The highest BCUT2D eigenvalue weighted by atomic mass is 19.1. The Morgan fingerprint density at radius 3 is 2.42 bits per heavy atom. The van der Waals surface area contributed by atoms with Crippen LogP contribution in [0.5, 0.6) is 0 Å². The first-order valence-electron chi connectivity index (χ1n) is 8.00. The standard InChI is InChI=1S/C18H20FN3O2/c19-12-18-14-21(16-6-8-17(9-7-16)22(23)24)11-10-20(18)13-15-4-2-1-3-5-15/h1-9,18H,10-14H2. The highest BCUT2D eigenvalue weighted by Gasteiger charge is 2.27. The van der Waals surface area contributed by atoms with Crippen LogP contribution in [0.2, 0.25) is 0 Å². The number of nitro benzene ring substituents is 1. The van der Waals surface area contributed by atoms with Crippen LogP contribution in [0.15, 0.2) is 54.6 Å². The SMILES string of the molecule is O=[N+]([O-])c1ccc(N2CCN(Cc3ccccc3)C(CF)C2)cc1. The van der Waals surface area contributed by atoms with Gasteiger partial charge in [-0.1, -0.05) is 30.3 Å². The van der Waals surface area contributed by atoms with Crippen LogP contribution in [0.25, 0.3) is 0 Å². The first-order chi connectivity index (χ1) is 11.7. The van der Waals surface area contributed by atoms with Crippen molar-refractivity contribution in [1.29, 1.82) is 0 Å². The summed E-state index contributed by atoms with van der Waals surface area (Å²) in [5, 5.41) is 10.7. The van der Waals surface area contributed by atoms with Crippen molar-refractivity contribution in [1.82, 2.24) is 4.90 Å². The van der Waals surface area contributed by atoms with E-state index in [0.717, 1.165) is 25.3 Å². The molecule has 1 atom stereocenters. The van der Waals surface area contributed by atoms with Crippen LogP contribution in [0, 0.1) is 10.1 Å². The Bertz CT molecular complexity index is 678. The van der Waals surface area contributed by atoms with E-state index in [-0.39, 0.29) is 11.7 Å². The Kier molecular flexibility index (Phi) is 5.05. The third kappa shape index (κ3) is 3.71. The van der Waals surface area contributed by atoms with Gasteiger partial charge < -0.3 is 4.90 Å². The topological polar surface area (TPSA) is 49.6 Å². The Morgan fingerprint density at radius 2 is 1.79 bits per heavy atom. The second kappa shape index (κ2) is 7.40. The Labute approximate surface area is 140 Å². The molecule has 0 spiro atoms. The van der Waals surface area contributed by atoms with Gasteiger partial charge in [0.2, 0.25) is 0 Å². The summed E-state index contributed by atoms with van der Waals surface area (Å²) in [6, 6.07) is 16.4. The van der Waals surface area contributed by atoms with Crippen molar-refractivity contribution in [3.63, 3.8) is 0 Å². The van der Waals surface area contributed by atoms with Gasteiger partial charge in [-0.3, -0.25) is 15.0 Å². The van der Waals surface area contributed by atoms with E-state index < -0.39 is 11.6 Å². The molecule has 1 unspecified atom stereocenters. The number of nitro groups is 1. The predicted molar refractivity (Wildman–Crippen MR) is 91.9 cm³/mol. The minimum Gasteiger partial charge on any atom is -0.369 e. The molecule has 0 saturated carbocycles. The Morgan fingerprint density at radius 1 is 1.08 bits per heavy atom. The Hall–Kier alpha value is -2.47. The molecular formula is C18H20FN3O2. The smallest absolute Gasteiger partial charge is 0.269 e. The summed E-state index contributed by atoms with van der Waals surface area (Å²) in [4.78, 5) is 14.6. The number of benzene rings is 2. The van der Waals surface area contributed by atoms with E-state index >= 15 is 0 Å². The molecule has 1 saturated heterocycles. The van der Waals surface area contributed by atoms with Crippen molar-refractivity contribution in [2.24, 2.45) is 0 Å². The summed E-state index contributed by atoms with van der Waals surface area (Å²) in [6.45, 7) is 2.46. The first kappa shape index (κ1) is 16.4. The van der Waals surface area contributed by atoms with Gasteiger partial charge in [-0.25, -0.2) is 4.39 Å². The lowest BCUT2D eigenvalue weighted by Gasteiger charge is -2.41. The number of piperazine rings is 1. The maximum absolute atomic E-state index is 13.5. The van der Waals surface area contributed by atoms with Crippen LogP contribution in [-0.2, 0) is 6.54 Å². The van der Waals surface area contributed by atoms with E-state index in [1.165, 1.54) is 17.7 Å². The van der Waals surface area contributed by atoms with E-state index in [0.29, 0.717) is 6.54 Å². The second-order valence-electron chi connectivity index (χ2n) is 5.98. The average molecular weight is 329 g/mol. The molecule has 2 aromatic carbocycles. The van der Waals surface area contributed by atoms with Gasteiger partial charge in [0.05, 0.1) is 11.0 Å². The van der Waals surface area contributed by atoms with Crippen molar-refractivity contribution in [2.45, 2.75) is 12.6 Å². The van der Waals surface area contributed by atoms with Crippen LogP contribution in [0.1, 0.15) is 5.56 Å². The quantitative estimate of drug-likeness (QED) is 0.624. The number of hydrogen-bond acceptors (Lipinski definition) is 4. The van der Waals surface area contributed by atoms with Gasteiger partial charge in [0, 0.05) is 44.0 Å². The summed E-state index contributed by atoms with van der Waals surface area (Å²) < 4.78 is 13.5. The van der Waals surface area contributed by atoms with Crippen LogP contribution < -0.4 is 4.90 Å². The molecule has 0 amide bonds. The summed E-state index contributed by atoms with van der Waals surface area (Å²) >= 11 is 0. The number of rotatable bonds is 5. The molecule has 6 heteroatoms. The minimum atomic E-state index is -0.411. The number of halogens is 1. The number of anilines is 1. The zero-order chi connectivity index (χ0) is 16.9. The molecule has 3 rings (SSSR count). The summed E-state index contributed by atoms with van der Waals surface area (Å²) in [5.74, 6) is 0. The fourth-order valence-corrected chi connectivity index (χ4v) is 3.09. The maximum atomic E-state index is 13.5. The van der Waals surface area contributed by atoms with Crippen molar-refractivity contribution in [2.75, 3.05) is 31.2 Å². The highest BCUT2D eigenvalue weighted by molar-refractivity contribution is 5.51. The van der Waals surface area contributed by atoms with Crippen molar-refractivity contribution < 1.29 is 9.31 Å². The van der Waals surface area contributed by atoms with E-state index in [2.05, 4.69) is 21.9 Å². The molecule has 1 aliphatic heterocycles. The molecule has 0 radical (unpaired) electrons. The lowest BCUT2D eigenvalue weighted by molar-refractivity contribution is -0.384. The van der Waals surface area contributed by atoms with Crippen LogP contribution in [0.3, 0.4) is 0 Å². The van der Waals surface area contributed by atoms with Crippen LogP contribution >= 0.6 is 0 Å². The van der Waals surface area contributed by atoms with Gasteiger partial charge in [0.15, 0.2) is 0 Å². The molecule has 0 aliphatic carbocycles. The lowest BCUT2D eigenvalue weighted by atomic mass is 10.1. The molecule has 126 valence electrons. The zero-order valence-electron chi connectivity index (χ0n) is 13.3. The van der Waals surface area contributed by atoms with E-state index in [1.807, 2.05) is 18.2 Å². The molecule has 24 heavy (non-hydrogen) atoms. The molecular weight excluding hydrogens is 309 g/mol. The van der Waals surface area contributed by atoms with Gasteiger partial charge in [-0.2, -0.15) is 0 Å². The van der Waals surface area contributed by atoms with Crippen molar-refractivity contribution >= 4 is 11.4 Å². The van der Waals surface area contributed by atoms with Gasteiger partial charge >= 0.3 is 0 Å². The van der Waals surface area contributed by atoms with E-state index in [9.17, 15) is 14.5 Å². The van der Waals surface area contributed by atoms with Crippen molar-refractivity contribution in [3.8, 4) is 0 Å². The van der Waals surface area contributed by atoms with Gasteiger partial charge in [-0.05, 0) is 17.7 Å². The highest BCUT2D eigenvalue weighted by Crippen LogP contribution is 2.23. The number of hydrogen-bond donors (Lipinski definition) is 0. The molecule has 1 aliphatic rings. The third-order valence-electron chi connectivity index (χ3n) is 4.44. The molecule has 2 aromatic rings. The third-order valence-corrected chi connectivity index (χ3v) is 4.44. The van der Waals surface area contributed by atoms with Crippen molar-refractivity contribution in [3.05, 3.63) is 70.3 Å². The normalized spacial score (nSPS) is 18.5. The van der Waals surface area contributed by atoms with Gasteiger partial charge in [-0.15, -0.1) is 0 Å². The van der Waals surface area contributed by atoms with Gasteiger partial charge in [0.25, 0.3) is 5.69 Å². The Balaban J connectivity index is 1.67. The maximum Gasteiger partial charge on any atom is 0.269 e. The van der Waals surface area contributed by atoms with E-state index in [4.69, 9.17) is 0 Å². The molecule has 1 heterocycles. The molecule has 5 nitrogen and oxygen atoms in total. The molecule has 0 bridgehead atoms. The monoisotopic (exact) mass is 329 g/mol. The zero-order valence-corrected chi connectivity index (χ0v) is 13.3. The van der Waals surface area contributed by atoms with Crippen LogP contribution in [-0.4, -0.2) is 42.2 Å². The molecule has 0 aromatic heterocycles. The molecule has 0 N–H and O–H groups in total. The first-order valence-corrected chi connectivity index (χ1v) is 8.00. The average Bonchev–Trinajstić information content (AvgIpc) is 2.63. The largest absolute Gasteiger partial charge is 0.369 e. The minimum absolute atomic E-state index is 0.0727. The fourth-order valence-electron chi connectivity index (χ4n) is 3.09. The summed E-state index contributed by atoms with van der Waals surface area (Å²) in [5.41, 5.74) is 2.15. The number of non-ortho nitro benzene ring substituents is 1. The fraction of sp³-hybridized carbons (Fsp3) is 0.333. The molecule has 1 fully saturated rings. The van der Waals surface area contributed by atoms with Gasteiger partial charge in [0.1, 0.15) is 6.67 Å². The van der Waals surface area contributed by atoms with Crippen LogP contribution in [0.4, 0.5) is 15.8 Å². The number of alkyl halides is 1. The lowest BCUT2D eigenvalue weighted by Crippen LogP contribution is -2.53. The van der Waals surface area contributed by atoms with E-state index in [1.54, 1.807) is 12.1 Å². The summed E-state index contributed by atoms with van der Waals surface area (Å²) in [6.07, 6.45) is 0.